The highest BCUT2D eigenvalue weighted by Gasteiger charge is 2.06. The molecule has 5 nitrogen and oxygen atoms in total. The lowest BCUT2D eigenvalue weighted by Crippen LogP contribution is -2.25. The average molecular weight is 299 g/mol. The van der Waals surface area contributed by atoms with Gasteiger partial charge in [-0.2, -0.15) is 0 Å². The maximum atomic E-state index is 13.1. The van der Waals surface area contributed by atoms with Gasteiger partial charge in [-0.3, -0.25) is 4.79 Å². The van der Waals surface area contributed by atoms with Crippen LogP contribution in [0.3, 0.4) is 0 Å². The minimum atomic E-state index is -0.436. The second-order valence-corrected chi connectivity index (χ2v) is 4.98. The van der Waals surface area contributed by atoms with Gasteiger partial charge in [0.25, 0.3) is 5.91 Å². The Bertz CT molecular complexity index is 882. The predicted molar refractivity (Wildman–Crippen MR) is 81.4 cm³/mol. The number of hydrogen-bond donors (Lipinski definition) is 3. The van der Waals surface area contributed by atoms with Crippen molar-refractivity contribution in [3.05, 3.63) is 69.9 Å². The third kappa shape index (κ3) is 3.06. The molecule has 1 aromatic heterocycles. The fraction of sp³-hybridized carbons (Fsp3) is 0.125. The summed E-state index contributed by atoms with van der Waals surface area (Å²) in [4.78, 5) is 28.4. The largest absolute Gasteiger partial charge is 0.352 e. The van der Waals surface area contributed by atoms with Crippen molar-refractivity contribution in [2.75, 3.05) is 6.54 Å². The summed E-state index contributed by atoms with van der Waals surface area (Å²) in [5, 5.41) is 2.74. The van der Waals surface area contributed by atoms with Crippen LogP contribution in [-0.4, -0.2) is 22.4 Å². The van der Waals surface area contributed by atoms with E-state index in [4.69, 9.17) is 0 Å². The maximum absolute atomic E-state index is 13.1. The lowest BCUT2D eigenvalue weighted by atomic mass is 10.1. The average Bonchev–Trinajstić information content (AvgIpc) is 2.86. The Morgan fingerprint density at radius 3 is 2.73 bits per heavy atom. The lowest BCUT2D eigenvalue weighted by Gasteiger charge is -2.05. The van der Waals surface area contributed by atoms with Gasteiger partial charge < -0.3 is 15.3 Å². The molecule has 3 N–H and O–H groups in total. The van der Waals surface area contributed by atoms with Crippen molar-refractivity contribution in [3.8, 4) is 0 Å². The third-order valence-corrected chi connectivity index (χ3v) is 3.37. The van der Waals surface area contributed by atoms with Crippen molar-refractivity contribution in [1.82, 2.24) is 15.3 Å². The number of aromatic amines is 2. The normalized spacial score (nSPS) is 10.8. The molecule has 0 atom stereocenters. The number of amides is 1. The highest BCUT2D eigenvalue weighted by molar-refractivity contribution is 5.94. The summed E-state index contributed by atoms with van der Waals surface area (Å²) < 4.78 is 13.1. The summed E-state index contributed by atoms with van der Waals surface area (Å²) in [7, 11) is 0. The number of carbonyl (C=O) groups is 1. The van der Waals surface area contributed by atoms with Crippen LogP contribution in [-0.2, 0) is 6.42 Å². The SMILES string of the molecule is O=C(NCCc1ccc2[nH]c(=O)[nH]c2c1)c1cccc(F)c1. The van der Waals surface area contributed by atoms with Crippen LogP contribution in [0.15, 0.2) is 47.3 Å². The van der Waals surface area contributed by atoms with Gasteiger partial charge >= 0.3 is 5.69 Å². The first-order valence-electron chi connectivity index (χ1n) is 6.86. The maximum Gasteiger partial charge on any atom is 0.323 e. The quantitative estimate of drug-likeness (QED) is 0.688. The monoisotopic (exact) mass is 299 g/mol. The summed E-state index contributed by atoms with van der Waals surface area (Å²) in [6.45, 7) is 0.426. The molecule has 1 heterocycles. The number of fused-ring (bicyclic) bond motifs is 1. The number of hydrogen-bond acceptors (Lipinski definition) is 2. The van der Waals surface area contributed by atoms with Crippen LogP contribution in [0.1, 0.15) is 15.9 Å². The molecule has 1 amide bonds. The van der Waals surface area contributed by atoms with E-state index in [-0.39, 0.29) is 11.6 Å². The second-order valence-electron chi connectivity index (χ2n) is 4.98. The van der Waals surface area contributed by atoms with E-state index in [9.17, 15) is 14.0 Å². The minimum Gasteiger partial charge on any atom is -0.352 e. The van der Waals surface area contributed by atoms with Crippen LogP contribution in [0.4, 0.5) is 4.39 Å². The van der Waals surface area contributed by atoms with Crippen molar-refractivity contribution >= 4 is 16.9 Å². The molecule has 2 aromatic carbocycles. The van der Waals surface area contributed by atoms with Crippen molar-refractivity contribution in [3.63, 3.8) is 0 Å². The van der Waals surface area contributed by atoms with Gasteiger partial charge in [0.2, 0.25) is 0 Å². The predicted octanol–water partition coefficient (Wildman–Crippen LogP) is 1.97. The smallest absolute Gasteiger partial charge is 0.323 e. The highest BCUT2D eigenvalue weighted by Crippen LogP contribution is 2.10. The van der Waals surface area contributed by atoms with Gasteiger partial charge in [-0.15, -0.1) is 0 Å². The molecule has 0 radical (unpaired) electrons. The number of nitrogens with one attached hydrogen (secondary N) is 3. The Labute approximate surface area is 125 Å². The summed E-state index contributed by atoms with van der Waals surface area (Å²) in [5.74, 6) is -0.745. The Morgan fingerprint density at radius 1 is 1.09 bits per heavy atom. The van der Waals surface area contributed by atoms with Crippen molar-refractivity contribution < 1.29 is 9.18 Å². The molecule has 0 unspecified atom stereocenters. The lowest BCUT2D eigenvalue weighted by molar-refractivity contribution is 0.0953. The molecule has 3 aromatic rings. The zero-order chi connectivity index (χ0) is 15.5. The van der Waals surface area contributed by atoms with Crippen LogP contribution >= 0.6 is 0 Å². The van der Waals surface area contributed by atoms with Gasteiger partial charge in [-0.1, -0.05) is 12.1 Å². The molecule has 3 rings (SSSR count). The number of imidazole rings is 1. The molecular formula is C16H14FN3O2. The number of benzene rings is 2. The van der Waals surface area contributed by atoms with Crippen molar-refractivity contribution in [1.29, 1.82) is 0 Å². The van der Waals surface area contributed by atoms with Gasteiger partial charge in [-0.05, 0) is 42.3 Å². The van der Waals surface area contributed by atoms with E-state index in [2.05, 4.69) is 15.3 Å². The zero-order valence-electron chi connectivity index (χ0n) is 11.7. The zero-order valence-corrected chi connectivity index (χ0v) is 11.7. The molecular weight excluding hydrogens is 285 g/mol. The molecule has 0 aliphatic rings. The molecule has 0 aliphatic carbocycles. The van der Waals surface area contributed by atoms with E-state index in [0.29, 0.717) is 18.5 Å². The molecule has 0 spiro atoms. The van der Waals surface area contributed by atoms with E-state index in [0.717, 1.165) is 16.6 Å². The molecule has 6 heteroatoms. The Balaban J connectivity index is 1.62. The van der Waals surface area contributed by atoms with Crippen LogP contribution < -0.4 is 11.0 Å². The van der Waals surface area contributed by atoms with Crippen LogP contribution in [0.2, 0.25) is 0 Å². The van der Waals surface area contributed by atoms with Crippen molar-refractivity contribution in [2.45, 2.75) is 6.42 Å². The Kier molecular flexibility index (Phi) is 3.74. The number of aromatic nitrogens is 2. The minimum absolute atomic E-state index is 0.244. The molecule has 0 saturated carbocycles. The summed E-state index contributed by atoms with van der Waals surface area (Å²) in [6, 6.07) is 11.1. The fourth-order valence-electron chi connectivity index (χ4n) is 2.29. The molecule has 0 aliphatic heterocycles. The highest BCUT2D eigenvalue weighted by atomic mass is 19.1. The standard InChI is InChI=1S/C16H14FN3O2/c17-12-3-1-2-11(9-12)15(21)18-7-6-10-4-5-13-14(8-10)20-16(22)19-13/h1-5,8-9H,6-7H2,(H,18,21)(H2,19,20,22). The summed E-state index contributed by atoms with van der Waals surface area (Å²) >= 11 is 0. The van der Waals surface area contributed by atoms with Gasteiger partial charge in [0.05, 0.1) is 11.0 Å². The molecule has 22 heavy (non-hydrogen) atoms. The van der Waals surface area contributed by atoms with Crippen molar-refractivity contribution in [2.24, 2.45) is 0 Å². The summed E-state index contributed by atoms with van der Waals surface area (Å²) in [6.07, 6.45) is 0.615. The van der Waals surface area contributed by atoms with Gasteiger partial charge in [0.1, 0.15) is 5.82 Å². The first kappa shape index (κ1) is 14.1. The Morgan fingerprint density at radius 2 is 1.91 bits per heavy atom. The molecule has 112 valence electrons. The van der Waals surface area contributed by atoms with E-state index in [1.165, 1.54) is 18.2 Å². The summed E-state index contributed by atoms with van der Waals surface area (Å²) in [5.41, 5.74) is 2.52. The van der Waals surface area contributed by atoms with E-state index >= 15 is 0 Å². The number of H-pyrrole nitrogens is 2. The molecule has 0 fully saturated rings. The first-order valence-corrected chi connectivity index (χ1v) is 6.86. The van der Waals surface area contributed by atoms with Crippen LogP contribution in [0.5, 0.6) is 0 Å². The van der Waals surface area contributed by atoms with E-state index in [1.54, 1.807) is 6.07 Å². The van der Waals surface area contributed by atoms with Gasteiger partial charge in [-0.25, -0.2) is 9.18 Å². The molecule has 0 bridgehead atoms. The fourth-order valence-corrected chi connectivity index (χ4v) is 2.29. The third-order valence-electron chi connectivity index (χ3n) is 3.37. The first-order chi connectivity index (χ1) is 10.6. The second kappa shape index (κ2) is 5.85. The Hall–Kier alpha value is -2.89. The van der Waals surface area contributed by atoms with Crippen LogP contribution in [0.25, 0.3) is 11.0 Å². The van der Waals surface area contributed by atoms with E-state index in [1.807, 2.05) is 18.2 Å². The molecule has 0 saturated heterocycles. The van der Waals surface area contributed by atoms with Gasteiger partial charge in [0, 0.05) is 12.1 Å². The number of carbonyl (C=O) groups excluding carboxylic acids is 1. The topological polar surface area (TPSA) is 77.8 Å². The van der Waals surface area contributed by atoms with Gasteiger partial charge in [0.15, 0.2) is 0 Å². The van der Waals surface area contributed by atoms with E-state index < -0.39 is 5.82 Å². The van der Waals surface area contributed by atoms with Crippen LogP contribution in [0, 0.1) is 5.82 Å². The number of rotatable bonds is 4. The number of halogens is 1.